The third kappa shape index (κ3) is 7.29. The maximum atomic E-state index is 14.0. The fourth-order valence-electron chi connectivity index (χ4n) is 6.52. The molecule has 0 amide bonds. The van der Waals surface area contributed by atoms with Gasteiger partial charge < -0.3 is 4.74 Å². The molecule has 1 saturated carbocycles. The number of ether oxygens (including phenoxy) is 1. The summed E-state index contributed by atoms with van der Waals surface area (Å²) in [4.78, 5) is 14.0. The largest absolute Gasteiger partial charge is 0.380 e. The second-order valence-electron chi connectivity index (χ2n) is 11.6. The minimum absolute atomic E-state index is 0.0629. The highest BCUT2D eigenvalue weighted by Gasteiger charge is 2.25. The molecule has 2 atom stereocenters. The number of nitriles is 1. The van der Waals surface area contributed by atoms with Crippen molar-refractivity contribution in [3.8, 4) is 6.07 Å². The quantitative estimate of drug-likeness (QED) is 0.262. The second kappa shape index (κ2) is 14.4. The van der Waals surface area contributed by atoms with E-state index in [1.165, 1.54) is 33.4 Å². The van der Waals surface area contributed by atoms with E-state index in [4.69, 9.17) is 10.00 Å². The van der Waals surface area contributed by atoms with Crippen LogP contribution in [-0.4, -0.2) is 19.5 Å². The average molecular weight is 536 g/mol. The van der Waals surface area contributed by atoms with E-state index >= 15 is 0 Å². The van der Waals surface area contributed by atoms with Crippen molar-refractivity contribution in [3.63, 3.8) is 0 Å². The Bertz CT molecular complexity index is 1300. The van der Waals surface area contributed by atoms with Crippen molar-refractivity contribution in [2.45, 2.75) is 90.4 Å². The summed E-state index contributed by atoms with van der Waals surface area (Å²) >= 11 is 0. The molecule has 0 N–H and O–H groups in total. The molecule has 1 fully saturated rings. The monoisotopic (exact) mass is 535 g/mol. The molecule has 0 spiro atoms. The van der Waals surface area contributed by atoms with E-state index in [-0.39, 0.29) is 5.92 Å². The molecule has 0 saturated heterocycles. The lowest BCUT2D eigenvalue weighted by Gasteiger charge is -2.25. The molecule has 2 aliphatic rings. The predicted octanol–water partition coefficient (Wildman–Crippen LogP) is 9.53. The molecular formula is C37H45NO2. The van der Waals surface area contributed by atoms with Crippen LogP contribution in [0.2, 0.25) is 0 Å². The van der Waals surface area contributed by atoms with Crippen LogP contribution in [0.4, 0.5) is 0 Å². The van der Waals surface area contributed by atoms with Crippen molar-refractivity contribution in [1.29, 1.82) is 5.26 Å². The van der Waals surface area contributed by atoms with Gasteiger partial charge in [0.2, 0.25) is 0 Å². The van der Waals surface area contributed by atoms with Crippen molar-refractivity contribution >= 4 is 11.4 Å². The summed E-state index contributed by atoms with van der Waals surface area (Å²) < 4.78 is 5.43. The number of carbonyl (C=O) groups excluding carboxylic acids is 1. The number of hydrogen-bond donors (Lipinski definition) is 0. The summed E-state index contributed by atoms with van der Waals surface area (Å²) in [6.45, 7) is 9.52. The van der Waals surface area contributed by atoms with Crippen molar-refractivity contribution in [2.75, 3.05) is 13.7 Å². The normalized spacial score (nSPS) is 22.1. The van der Waals surface area contributed by atoms with Gasteiger partial charge >= 0.3 is 0 Å². The third-order valence-electron chi connectivity index (χ3n) is 9.08. The SMILES string of the molecule is C=C1C/C=C(\COC)CCCC(c2cc(C(=O)C3CCCCC(c4ccc(C#N)cc4)CC3)ccc2CC)=C1C. The maximum Gasteiger partial charge on any atom is 0.165 e. The van der Waals surface area contributed by atoms with Crippen LogP contribution in [0.25, 0.3) is 5.57 Å². The van der Waals surface area contributed by atoms with E-state index in [0.717, 1.165) is 81.8 Å². The van der Waals surface area contributed by atoms with Crippen LogP contribution in [0, 0.1) is 17.2 Å². The molecule has 2 unspecified atom stereocenters. The smallest absolute Gasteiger partial charge is 0.165 e. The number of rotatable bonds is 7. The van der Waals surface area contributed by atoms with Crippen LogP contribution in [0.15, 0.2) is 71.8 Å². The number of benzene rings is 2. The van der Waals surface area contributed by atoms with Gasteiger partial charge in [-0.25, -0.2) is 0 Å². The number of aryl methyl sites for hydroxylation is 1. The zero-order valence-corrected chi connectivity index (χ0v) is 24.7. The first-order valence-electron chi connectivity index (χ1n) is 15.2. The van der Waals surface area contributed by atoms with Gasteiger partial charge in [-0.15, -0.1) is 0 Å². The highest BCUT2D eigenvalue weighted by atomic mass is 16.5. The molecule has 40 heavy (non-hydrogen) atoms. The Labute approximate surface area is 241 Å². The molecule has 4 rings (SSSR count). The molecule has 3 nitrogen and oxygen atoms in total. The second-order valence-corrected chi connectivity index (χ2v) is 11.6. The third-order valence-corrected chi connectivity index (χ3v) is 9.08. The number of methoxy groups -OCH3 is 1. The summed E-state index contributed by atoms with van der Waals surface area (Å²) in [5.41, 5.74) is 10.5. The summed E-state index contributed by atoms with van der Waals surface area (Å²) in [5, 5.41) is 9.16. The minimum atomic E-state index is 0.0629. The zero-order valence-electron chi connectivity index (χ0n) is 24.7. The summed E-state index contributed by atoms with van der Waals surface area (Å²) in [6.07, 6.45) is 13.4. The van der Waals surface area contributed by atoms with E-state index in [0.29, 0.717) is 23.9 Å². The molecule has 2 aromatic rings. The Balaban J connectivity index is 1.56. The Morgan fingerprint density at radius 1 is 1.02 bits per heavy atom. The maximum absolute atomic E-state index is 14.0. The van der Waals surface area contributed by atoms with Gasteiger partial charge in [0.25, 0.3) is 0 Å². The topological polar surface area (TPSA) is 50.1 Å². The number of carbonyl (C=O) groups is 1. The van der Waals surface area contributed by atoms with Crippen molar-refractivity contribution in [1.82, 2.24) is 0 Å². The van der Waals surface area contributed by atoms with Gasteiger partial charge in [-0.3, -0.25) is 4.79 Å². The first-order chi connectivity index (χ1) is 19.4. The molecule has 2 aromatic carbocycles. The van der Waals surface area contributed by atoms with Gasteiger partial charge in [0, 0.05) is 18.6 Å². The van der Waals surface area contributed by atoms with Crippen LogP contribution >= 0.6 is 0 Å². The van der Waals surface area contributed by atoms with Gasteiger partial charge in [-0.1, -0.05) is 56.7 Å². The van der Waals surface area contributed by atoms with E-state index in [1.54, 1.807) is 7.11 Å². The van der Waals surface area contributed by atoms with Gasteiger partial charge in [0.15, 0.2) is 5.78 Å². The molecule has 0 aromatic heterocycles. The standard InChI is InChI=1S/C37H45NO2/c1-5-30-19-22-34(23-36(30)35-12-8-9-29(25-40-4)14-13-26(2)27(35)3)37(39)33-11-7-6-10-31(20-21-33)32-17-15-28(24-38)16-18-32/h14-19,22-23,31,33H,2,5-13,20-21,25H2,1,3-4H3/b29-14-,35-27?. The zero-order chi connectivity index (χ0) is 28.5. The molecular weight excluding hydrogens is 490 g/mol. The van der Waals surface area contributed by atoms with E-state index in [1.807, 2.05) is 12.1 Å². The first-order valence-corrected chi connectivity index (χ1v) is 15.2. The van der Waals surface area contributed by atoms with Crippen LogP contribution in [-0.2, 0) is 11.2 Å². The van der Waals surface area contributed by atoms with Crippen LogP contribution in [0.5, 0.6) is 0 Å². The van der Waals surface area contributed by atoms with Gasteiger partial charge in [-0.05, 0) is 128 Å². The molecule has 0 radical (unpaired) electrons. The lowest BCUT2D eigenvalue weighted by molar-refractivity contribution is 0.0896. The Kier molecular flexibility index (Phi) is 10.7. The molecule has 0 bridgehead atoms. The summed E-state index contributed by atoms with van der Waals surface area (Å²) in [7, 11) is 1.76. The van der Waals surface area contributed by atoms with Crippen LogP contribution in [0.1, 0.15) is 117 Å². The first kappa shape index (κ1) is 29.8. The lowest BCUT2D eigenvalue weighted by atomic mass is 9.79. The highest BCUT2D eigenvalue weighted by molar-refractivity contribution is 5.99. The van der Waals surface area contributed by atoms with Crippen molar-refractivity contribution in [3.05, 3.63) is 99.7 Å². The number of nitrogens with zero attached hydrogens (tertiary/aromatic N) is 1. The van der Waals surface area contributed by atoms with E-state index in [2.05, 4.69) is 62.9 Å². The van der Waals surface area contributed by atoms with Crippen LogP contribution < -0.4 is 0 Å². The van der Waals surface area contributed by atoms with E-state index in [9.17, 15) is 4.79 Å². The fraction of sp³-hybridized carbons (Fsp3) is 0.459. The van der Waals surface area contributed by atoms with Gasteiger partial charge in [0.05, 0.1) is 18.2 Å². The molecule has 0 aliphatic heterocycles. The summed E-state index contributed by atoms with van der Waals surface area (Å²) in [6, 6.07) is 16.7. The number of hydrogen-bond acceptors (Lipinski definition) is 3. The van der Waals surface area contributed by atoms with E-state index < -0.39 is 0 Å². The average Bonchev–Trinajstić information content (AvgIpc) is 3.03. The van der Waals surface area contributed by atoms with Crippen molar-refractivity contribution in [2.24, 2.45) is 5.92 Å². The highest BCUT2D eigenvalue weighted by Crippen LogP contribution is 2.37. The summed E-state index contributed by atoms with van der Waals surface area (Å²) in [5.74, 6) is 0.817. The minimum Gasteiger partial charge on any atom is -0.380 e. The molecule has 2 aliphatic carbocycles. The predicted molar refractivity (Wildman–Crippen MR) is 165 cm³/mol. The Morgan fingerprint density at radius 3 is 2.52 bits per heavy atom. The molecule has 3 heteroatoms. The molecule has 210 valence electrons. The Hall–Kier alpha value is -3.22. The van der Waals surface area contributed by atoms with Gasteiger partial charge in [-0.2, -0.15) is 5.26 Å². The number of ketones is 1. The van der Waals surface area contributed by atoms with Crippen molar-refractivity contribution < 1.29 is 9.53 Å². The lowest BCUT2D eigenvalue weighted by Crippen LogP contribution is -2.18. The number of Topliss-reactive ketones (excluding diaryl/α,β-unsaturated/α-hetero) is 1. The fourth-order valence-corrected chi connectivity index (χ4v) is 6.52. The van der Waals surface area contributed by atoms with Gasteiger partial charge in [0.1, 0.15) is 0 Å². The van der Waals surface area contributed by atoms with Crippen LogP contribution in [0.3, 0.4) is 0 Å². The number of allylic oxidation sites excluding steroid dienone is 4. The Morgan fingerprint density at radius 2 is 1.80 bits per heavy atom. The molecule has 0 heterocycles.